The van der Waals surface area contributed by atoms with Crippen molar-refractivity contribution in [2.45, 2.75) is 32.2 Å². The Balaban J connectivity index is 1.21. The number of hydrogen-bond acceptors (Lipinski definition) is 4. The van der Waals surface area contributed by atoms with Crippen molar-refractivity contribution >= 4 is 17.5 Å². The molecular weight excluding hydrogens is 400 g/mol. The molecular formula is C26H34N4O2. The molecule has 0 bridgehead atoms. The van der Waals surface area contributed by atoms with E-state index in [0.29, 0.717) is 18.0 Å². The molecule has 0 unspecified atom stereocenters. The smallest absolute Gasteiger partial charge is 0.255 e. The highest BCUT2D eigenvalue weighted by atomic mass is 16.2. The number of amides is 2. The number of carbonyl (C=O) groups is 2. The minimum absolute atomic E-state index is 0.0922. The molecule has 6 nitrogen and oxygen atoms in total. The third kappa shape index (κ3) is 6.40. The molecule has 1 N–H and O–H groups in total. The van der Waals surface area contributed by atoms with E-state index in [1.165, 1.54) is 18.4 Å². The molecule has 6 heteroatoms. The van der Waals surface area contributed by atoms with Crippen molar-refractivity contribution in [1.82, 2.24) is 14.7 Å². The van der Waals surface area contributed by atoms with Gasteiger partial charge in [-0.2, -0.15) is 0 Å². The lowest BCUT2D eigenvalue weighted by Crippen LogP contribution is -2.49. The molecule has 4 rings (SSSR count). The summed E-state index contributed by atoms with van der Waals surface area (Å²) in [5.41, 5.74) is 2.67. The molecule has 0 spiro atoms. The summed E-state index contributed by atoms with van der Waals surface area (Å²) in [5, 5.41) is 2.92. The predicted molar refractivity (Wildman–Crippen MR) is 128 cm³/mol. The van der Waals surface area contributed by atoms with Gasteiger partial charge < -0.3 is 10.2 Å². The average molecular weight is 435 g/mol. The number of benzene rings is 2. The summed E-state index contributed by atoms with van der Waals surface area (Å²) in [7, 11) is 0. The number of piperazine rings is 1. The zero-order chi connectivity index (χ0) is 22.2. The van der Waals surface area contributed by atoms with E-state index >= 15 is 0 Å². The van der Waals surface area contributed by atoms with Crippen molar-refractivity contribution in [2.75, 3.05) is 51.1 Å². The van der Waals surface area contributed by atoms with Crippen LogP contribution in [0.4, 0.5) is 5.69 Å². The Hall–Kier alpha value is -2.70. The standard InChI is InChI=1S/C26H34N4O2/c31-25(30-14-6-1-2-7-15-30)21-29-18-16-28(17-19-29)20-22-10-12-23(13-11-22)26(32)27-24-8-4-3-5-9-24/h3-5,8-13H,1-2,6-7,14-21H2,(H,27,32). The summed E-state index contributed by atoms with van der Waals surface area (Å²) in [6.45, 7) is 7.06. The van der Waals surface area contributed by atoms with Gasteiger partial charge in [-0.3, -0.25) is 19.4 Å². The van der Waals surface area contributed by atoms with Gasteiger partial charge in [0.25, 0.3) is 5.91 Å². The minimum atomic E-state index is -0.0922. The Morgan fingerprint density at radius 1 is 0.719 bits per heavy atom. The maximum absolute atomic E-state index is 12.6. The second-order valence-corrected chi connectivity index (χ2v) is 8.86. The fourth-order valence-corrected chi connectivity index (χ4v) is 4.46. The quantitative estimate of drug-likeness (QED) is 0.757. The van der Waals surface area contributed by atoms with E-state index in [-0.39, 0.29) is 5.91 Å². The second kappa shape index (κ2) is 11.2. The number of rotatable bonds is 6. The maximum Gasteiger partial charge on any atom is 0.255 e. The lowest BCUT2D eigenvalue weighted by Gasteiger charge is -2.35. The monoisotopic (exact) mass is 434 g/mol. The van der Waals surface area contributed by atoms with Gasteiger partial charge in [0, 0.05) is 57.1 Å². The van der Waals surface area contributed by atoms with E-state index in [9.17, 15) is 9.59 Å². The van der Waals surface area contributed by atoms with Gasteiger partial charge in [-0.1, -0.05) is 43.2 Å². The number of carbonyl (C=O) groups excluding carboxylic acids is 2. The molecule has 170 valence electrons. The molecule has 2 aliphatic rings. The summed E-state index contributed by atoms with van der Waals surface area (Å²) in [6, 6.07) is 17.4. The maximum atomic E-state index is 12.6. The summed E-state index contributed by atoms with van der Waals surface area (Å²) in [5.74, 6) is 0.204. The molecule has 2 saturated heterocycles. The van der Waals surface area contributed by atoms with Crippen LogP contribution in [-0.2, 0) is 11.3 Å². The summed E-state index contributed by atoms with van der Waals surface area (Å²) in [6.07, 6.45) is 4.79. The molecule has 0 aromatic heterocycles. The molecule has 0 radical (unpaired) electrons. The first-order valence-electron chi connectivity index (χ1n) is 11.9. The van der Waals surface area contributed by atoms with Gasteiger partial charge in [-0.25, -0.2) is 0 Å². The van der Waals surface area contributed by atoms with E-state index in [1.54, 1.807) is 0 Å². The van der Waals surface area contributed by atoms with Crippen LogP contribution >= 0.6 is 0 Å². The number of anilines is 1. The highest BCUT2D eigenvalue weighted by Gasteiger charge is 2.22. The van der Waals surface area contributed by atoms with Crippen LogP contribution < -0.4 is 5.32 Å². The topological polar surface area (TPSA) is 55.9 Å². The Bertz CT molecular complexity index is 868. The van der Waals surface area contributed by atoms with Crippen LogP contribution in [0.3, 0.4) is 0 Å². The molecule has 2 fully saturated rings. The minimum Gasteiger partial charge on any atom is -0.342 e. The largest absolute Gasteiger partial charge is 0.342 e. The van der Waals surface area contributed by atoms with Crippen LogP contribution in [0.15, 0.2) is 54.6 Å². The molecule has 2 amide bonds. The number of likely N-dealkylation sites (tertiary alicyclic amines) is 1. The van der Waals surface area contributed by atoms with Crippen LogP contribution in [0.2, 0.25) is 0 Å². The lowest BCUT2D eigenvalue weighted by atomic mass is 10.1. The molecule has 2 heterocycles. The number of nitrogens with zero attached hydrogens (tertiary/aromatic N) is 3. The van der Waals surface area contributed by atoms with Crippen LogP contribution in [0, 0.1) is 0 Å². The first kappa shape index (κ1) is 22.5. The Morgan fingerprint density at radius 3 is 2.00 bits per heavy atom. The molecule has 0 saturated carbocycles. The lowest BCUT2D eigenvalue weighted by molar-refractivity contribution is -0.132. The fourth-order valence-electron chi connectivity index (χ4n) is 4.46. The SMILES string of the molecule is O=C(Nc1ccccc1)c1ccc(CN2CCN(CC(=O)N3CCCCCC3)CC2)cc1. The van der Waals surface area contributed by atoms with Gasteiger partial charge in [-0.05, 0) is 42.7 Å². The van der Waals surface area contributed by atoms with Gasteiger partial charge in [0.1, 0.15) is 0 Å². The van der Waals surface area contributed by atoms with Gasteiger partial charge in [0.05, 0.1) is 6.54 Å². The summed E-state index contributed by atoms with van der Waals surface area (Å²) in [4.78, 5) is 31.8. The molecule has 2 aromatic carbocycles. The highest BCUT2D eigenvalue weighted by Crippen LogP contribution is 2.14. The molecule has 32 heavy (non-hydrogen) atoms. The van der Waals surface area contributed by atoms with Crippen molar-refractivity contribution in [3.8, 4) is 0 Å². The average Bonchev–Trinajstić information content (AvgIpc) is 3.11. The van der Waals surface area contributed by atoms with Gasteiger partial charge in [-0.15, -0.1) is 0 Å². The van der Waals surface area contributed by atoms with Crippen molar-refractivity contribution in [3.63, 3.8) is 0 Å². The third-order valence-corrected chi connectivity index (χ3v) is 6.44. The van der Waals surface area contributed by atoms with E-state index in [0.717, 1.165) is 64.3 Å². The van der Waals surface area contributed by atoms with Crippen LogP contribution in [0.25, 0.3) is 0 Å². The van der Waals surface area contributed by atoms with Crippen molar-refractivity contribution in [1.29, 1.82) is 0 Å². The zero-order valence-electron chi connectivity index (χ0n) is 18.8. The molecule has 2 aliphatic heterocycles. The first-order chi connectivity index (χ1) is 15.7. The van der Waals surface area contributed by atoms with Gasteiger partial charge in [0.15, 0.2) is 0 Å². The Labute approximate surface area is 191 Å². The molecule has 2 aromatic rings. The first-order valence-corrected chi connectivity index (χ1v) is 11.9. The van der Waals surface area contributed by atoms with E-state index < -0.39 is 0 Å². The van der Waals surface area contributed by atoms with Crippen LogP contribution in [0.5, 0.6) is 0 Å². The molecule has 0 atom stereocenters. The number of hydrogen-bond donors (Lipinski definition) is 1. The van der Waals surface area contributed by atoms with Crippen molar-refractivity contribution < 1.29 is 9.59 Å². The van der Waals surface area contributed by atoms with Crippen molar-refractivity contribution in [3.05, 3.63) is 65.7 Å². The summed E-state index contributed by atoms with van der Waals surface area (Å²) >= 11 is 0. The Morgan fingerprint density at radius 2 is 1.34 bits per heavy atom. The molecule has 0 aliphatic carbocycles. The van der Waals surface area contributed by atoms with Gasteiger partial charge in [0.2, 0.25) is 5.91 Å². The van der Waals surface area contributed by atoms with E-state index in [4.69, 9.17) is 0 Å². The second-order valence-electron chi connectivity index (χ2n) is 8.86. The third-order valence-electron chi connectivity index (χ3n) is 6.44. The van der Waals surface area contributed by atoms with Crippen LogP contribution in [0.1, 0.15) is 41.6 Å². The van der Waals surface area contributed by atoms with Gasteiger partial charge >= 0.3 is 0 Å². The number of nitrogens with one attached hydrogen (secondary N) is 1. The predicted octanol–water partition coefficient (Wildman–Crippen LogP) is 3.46. The van der Waals surface area contributed by atoms with Crippen LogP contribution in [-0.4, -0.2) is 72.3 Å². The highest BCUT2D eigenvalue weighted by molar-refractivity contribution is 6.04. The van der Waals surface area contributed by atoms with E-state index in [1.807, 2.05) is 54.6 Å². The Kier molecular flexibility index (Phi) is 7.91. The van der Waals surface area contributed by atoms with E-state index in [2.05, 4.69) is 20.0 Å². The fraction of sp³-hybridized carbons (Fsp3) is 0.462. The number of para-hydroxylation sites is 1. The normalized spacial score (nSPS) is 18.2. The van der Waals surface area contributed by atoms with Crippen molar-refractivity contribution in [2.24, 2.45) is 0 Å². The zero-order valence-corrected chi connectivity index (χ0v) is 18.8. The summed E-state index contributed by atoms with van der Waals surface area (Å²) < 4.78 is 0.